The van der Waals surface area contributed by atoms with Gasteiger partial charge in [0, 0.05) is 6.61 Å². The Labute approximate surface area is 613 Å². The molecule has 632 valence electrons. The van der Waals surface area contributed by atoms with Crippen LogP contribution in [-0.4, -0.2) is 366 Å². The van der Waals surface area contributed by atoms with Crippen molar-refractivity contribution in [2.45, 2.75) is 224 Å². The number of ether oxygens (including phenoxy) is 12. The average Bonchev–Trinajstić information content (AvgIpc) is 0.762. The third kappa shape index (κ3) is 26.7. The molecule has 62 heteroatoms. The molecule has 6 aliphatic heterocycles. The molecule has 6 heterocycles. The topological polar surface area (TPSA) is 887 Å². The van der Waals surface area contributed by atoms with E-state index in [0.29, 0.717) is 33.6 Å². The zero-order chi connectivity index (χ0) is 82.3. The third-order valence-corrected chi connectivity index (χ3v) is 18.3. The quantitative estimate of drug-likeness (QED) is 0.0119. The number of aliphatic hydroxyl groups excluding tert-OH is 7. The van der Waals surface area contributed by atoms with Crippen molar-refractivity contribution in [1.29, 1.82) is 0 Å². The molecular weight excluding hydrogens is 1640 g/mol. The Hall–Kier alpha value is -4.76. The fraction of sp³-hybridized carbons (Fsp3) is 0.872. The van der Waals surface area contributed by atoms with Crippen LogP contribution in [0.1, 0.15) is 40.0 Å². The van der Waals surface area contributed by atoms with Gasteiger partial charge in [0.2, 0.25) is 0 Å². The van der Waals surface area contributed by atoms with Crippen LogP contribution in [0.4, 0.5) is 0 Å². The molecule has 6 saturated heterocycles. The van der Waals surface area contributed by atoms with Crippen molar-refractivity contribution in [3.63, 3.8) is 0 Å². The van der Waals surface area contributed by atoms with Crippen LogP contribution in [0.2, 0.25) is 0 Å². The molecule has 0 radical (unpaired) electrons. The molecule has 0 bridgehead atoms. The summed E-state index contributed by atoms with van der Waals surface area (Å²) in [5.41, 5.74) is 5.46. The Morgan fingerprint density at radius 1 is 0.349 bits per heavy atom. The number of carboxylic acid groups (broad SMARTS) is 3. The number of carbonyl (C=O) groups excluding carboxylic acids is 3. The molecule has 0 spiro atoms. The number of aliphatic hydroxyl groups is 7. The number of rotatable bonds is 37. The van der Waals surface area contributed by atoms with Crippen LogP contribution in [0.25, 0.3) is 0 Å². The SMILES string of the molecule is CC([O-])=N[C@H]1[C@@H](O[C@H]2[C@H](O)[C@@H](OS(=O)(=O)O)[C@H](OCCCCCN)O[C@H]2C(=O)[O-])O[C@H](COS(=O)(=O)O)[C@@H](O[C@@H]2O[C@@H](C(=O)[O-])[C@@H](O[C@H]3O[C@H](COS(=O)(=O)O)[C@@H](O[C@@H]4O[C@@H](C(=O)[O-])[C@@H](O[C@H]5O[C@H](COS(=O)(=O)O)[C@@H](O)[C@H](O)[C@H]5N=C(C)[O-])[C@H](O)[C@H]4OS(=O)(=O)O)[C@H](O)[C@H]3N=C(C)[O-])[C@H](O)[C@H]2OS(=O)(=O)O)[C@@H]1O. The molecule has 0 saturated carbocycles. The average molecular weight is 1720 g/mol. The first-order valence-electron chi connectivity index (χ1n) is 30.5. The van der Waals surface area contributed by atoms with Gasteiger partial charge in [-0.1, -0.05) is 0 Å². The van der Waals surface area contributed by atoms with Crippen molar-refractivity contribution >= 4 is 98.0 Å². The first-order valence-corrected chi connectivity index (χ1v) is 38.7. The lowest BCUT2D eigenvalue weighted by atomic mass is 9.94. The molecule has 0 aromatic heterocycles. The number of nitrogens with two attached hydrogens (primary N) is 1. The highest BCUT2D eigenvalue weighted by atomic mass is 32.3. The van der Waals surface area contributed by atoms with E-state index in [1.54, 1.807) is 0 Å². The number of aliphatic imine (C=N–C) groups is 3. The normalized spacial score (nSPS) is 38.7. The van der Waals surface area contributed by atoms with Crippen LogP contribution in [-0.2, 0) is 159 Å². The first-order chi connectivity index (χ1) is 50.1. The summed E-state index contributed by atoms with van der Waals surface area (Å²) < 4.78 is 295. The Bertz CT molecular complexity index is 3900. The molecule has 0 aromatic rings. The number of carboxylic acids is 3. The fourth-order valence-electron chi connectivity index (χ4n) is 11.3. The van der Waals surface area contributed by atoms with Crippen LogP contribution >= 0.6 is 0 Å². The Balaban J connectivity index is 1.38. The van der Waals surface area contributed by atoms with E-state index in [2.05, 4.69) is 40.1 Å². The molecule has 30 atom stereocenters. The van der Waals surface area contributed by atoms with Gasteiger partial charge in [-0.05, 0) is 64.3 Å². The predicted octanol–water partition coefficient (Wildman–Crippen LogP) is -18.4. The predicted molar refractivity (Wildman–Crippen MR) is 315 cm³/mol. The van der Waals surface area contributed by atoms with Gasteiger partial charge in [-0.3, -0.25) is 42.3 Å². The molecular formula is C47H70N4O52S6-6. The van der Waals surface area contributed by atoms with Crippen LogP contribution in [0.15, 0.2) is 15.0 Å². The van der Waals surface area contributed by atoms with E-state index < -0.39 is 308 Å². The van der Waals surface area contributed by atoms with Crippen molar-refractivity contribution in [2.24, 2.45) is 20.7 Å². The van der Waals surface area contributed by atoms with Crippen molar-refractivity contribution in [3.05, 3.63) is 0 Å². The summed E-state index contributed by atoms with van der Waals surface area (Å²) in [7, 11) is -35.0. The lowest BCUT2D eigenvalue weighted by molar-refractivity contribution is -0.390. The number of hydrogen-bond acceptors (Lipinski definition) is 50. The van der Waals surface area contributed by atoms with Crippen LogP contribution in [0, 0.1) is 0 Å². The number of carbonyl (C=O) groups is 3. The maximum Gasteiger partial charge on any atom is 0.397 e. The van der Waals surface area contributed by atoms with Gasteiger partial charge < -0.3 is 143 Å². The van der Waals surface area contributed by atoms with Gasteiger partial charge in [0.15, 0.2) is 56.1 Å². The molecule has 0 unspecified atom stereocenters. The molecule has 6 aliphatic rings. The minimum Gasteiger partial charge on any atom is -0.862 e. The second kappa shape index (κ2) is 38.1. The van der Waals surface area contributed by atoms with Gasteiger partial charge in [0.05, 0.1) is 37.7 Å². The van der Waals surface area contributed by atoms with Crippen molar-refractivity contribution in [3.8, 4) is 0 Å². The highest BCUT2D eigenvalue weighted by Gasteiger charge is 2.61. The van der Waals surface area contributed by atoms with E-state index in [1.807, 2.05) is 0 Å². The molecule has 0 amide bonds. The Morgan fingerprint density at radius 2 is 0.633 bits per heavy atom. The van der Waals surface area contributed by atoms with E-state index in [0.717, 1.165) is 0 Å². The van der Waals surface area contributed by atoms with E-state index in [9.17, 15) is 154 Å². The maximum atomic E-state index is 13.2. The zero-order valence-corrected chi connectivity index (χ0v) is 60.0. The van der Waals surface area contributed by atoms with Gasteiger partial charge in [0.1, 0.15) is 128 Å². The Kier molecular flexibility index (Phi) is 32.6. The summed E-state index contributed by atoms with van der Waals surface area (Å²) in [6.45, 7) is -3.40. The first kappa shape index (κ1) is 93.1. The number of hydrogen-bond donors (Lipinski definition) is 14. The molecule has 0 aliphatic carbocycles. The lowest BCUT2D eigenvalue weighted by Crippen LogP contribution is -2.70. The summed E-state index contributed by atoms with van der Waals surface area (Å²) >= 11 is 0. The van der Waals surface area contributed by atoms with Crippen LogP contribution < -0.4 is 36.4 Å². The highest BCUT2D eigenvalue weighted by Crippen LogP contribution is 2.40. The van der Waals surface area contributed by atoms with Crippen LogP contribution in [0.3, 0.4) is 0 Å². The molecule has 15 N–H and O–H groups in total. The van der Waals surface area contributed by atoms with E-state index in [1.165, 1.54) is 0 Å². The summed E-state index contributed by atoms with van der Waals surface area (Å²) in [6.07, 6.45) is -75.3. The minimum atomic E-state index is -6.21. The number of aliphatic carboxylic acids is 3. The minimum absolute atomic E-state index is 0.109. The maximum absolute atomic E-state index is 13.2. The molecule has 56 nitrogen and oxygen atoms in total. The second-order valence-electron chi connectivity index (χ2n) is 23.5. The molecule has 0 aromatic carbocycles. The largest absolute Gasteiger partial charge is 0.862 e. The van der Waals surface area contributed by atoms with Crippen molar-refractivity contribution < 1.29 is 241 Å². The summed E-state index contributed by atoms with van der Waals surface area (Å²) in [5, 5.41) is 158. The van der Waals surface area contributed by atoms with Gasteiger partial charge in [-0.2, -0.15) is 50.5 Å². The van der Waals surface area contributed by atoms with E-state index >= 15 is 0 Å². The number of unbranched alkanes of at least 4 members (excludes halogenated alkanes) is 2. The van der Waals surface area contributed by atoms with Gasteiger partial charge in [-0.15, -0.1) is 0 Å². The molecule has 6 rings (SSSR count). The zero-order valence-electron chi connectivity index (χ0n) is 55.1. The number of nitrogens with zero attached hydrogens (tertiary/aromatic N) is 3. The van der Waals surface area contributed by atoms with Crippen LogP contribution in [0.5, 0.6) is 0 Å². The summed E-state index contributed by atoms with van der Waals surface area (Å²) in [4.78, 5) is 49.2. The third-order valence-electron chi connectivity index (χ3n) is 15.6. The van der Waals surface area contributed by atoms with E-state index in [-0.39, 0.29) is 13.0 Å². The molecule has 6 fully saturated rings. The van der Waals surface area contributed by atoms with Gasteiger partial charge in [-0.25, -0.2) is 25.1 Å². The van der Waals surface area contributed by atoms with E-state index in [4.69, 9.17) is 67.1 Å². The Morgan fingerprint density at radius 3 is 0.927 bits per heavy atom. The fourth-order valence-corrected chi connectivity index (χ4v) is 13.7. The lowest BCUT2D eigenvalue weighted by Gasteiger charge is -2.51. The monoisotopic (exact) mass is 1710 g/mol. The highest BCUT2D eigenvalue weighted by molar-refractivity contribution is 7.82. The standard InChI is InChI=1S/C47H76N4O52S6/c1-12(52)49-18-22(56)21(55)15(9-87-104(68,69)70)90-42(18)95-31-26(60)34(102-108(80,81)82)46(99-37(31)40(64)65)93-29-17(11-89-106(74,75)76)92-44(20(24(29)58)51-14(3)54)97-32-27(61)35(103-109(83,84)85)47(100-38(32)41(66)67)94-28-16(10-88-105(71,72)73)91-43(19(23(28)57)50-13(2)53)96-30-25(59)33(101-107(77,78)79)45(98-36(30)39(62)63)86-8-6-4-5-7-48/h15-38,42-47,55-61H,4-11,48H2,1-3H3,(H,49,52)(H,50,53)(H,51,54)(H,62,63)(H,64,65)(H,66,67)(H,68,69,70)(H,71,72,73)(H,74,75,76)(H,77,78,79)(H,80,81,82)(H,83,84,85)/p-6/t15-,16-,17-,18-,19-,20-,21-,22-,23-,24-,25+,26+,27+,28-,29-,30+,31+,32+,33-,34-,35-,36-,37-,38-,42-,43-,44-,45-,46-,47-/m1/s1. The van der Waals surface area contributed by atoms with Crippen molar-refractivity contribution in [2.75, 3.05) is 33.0 Å². The smallest absolute Gasteiger partial charge is 0.397 e. The van der Waals surface area contributed by atoms with Gasteiger partial charge >= 0.3 is 62.4 Å². The summed E-state index contributed by atoms with van der Waals surface area (Å²) in [5.74, 6) is -11.7. The van der Waals surface area contributed by atoms with Gasteiger partial charge in [0.25, 0.3) is 0 Å². The molecule has 109 heavy (non-hydrogen) atoms. The second-order valence-corrected chi connectivity index (χ2v) is 30.0. The summed E-state index contributed by atoms with van der Waals surface area (Å²) in [6, 6.07) is -7.57. The van der Waals surface area contributed by atoms with Crippen molar-refractivity contribution in [1.82, 2.24) is 0 Å².